The molecule has 0 amide bonds. The van der Waals surface area contributed by atoms with E-state index in [1.165, 1.54) is 77.0 Å². The summed E-state index contributed by atoms with van der Waals surface area (Å²) in [5, 5.41) is 0. The molecule has 0 radical (unpaired) electrons. The topological polar surface area (TPSA) is 0 Å². The van der Waals surface area contributed by atoms with Gasteiger partial charge in [0.05, 0.1) is 0 Å². The van der Waals surface area contributed by atoms with Crippen LogP contribution in [0.5, 0.6) is 0 Å². The summed E-state index contributed by atoms with van der Waals surface area (Å²) in [4.78, 5) is 0. The molecule has 0 heterocycles. The van der Waals surface area contributed by atoms with Crippen LogP contribution < -0.4 is 0 Å². The maximum absolute atomic E-state index is 2.33. The zero-order valence-corrected chi connectivity index (χ0v) is 15.4. The highest BCUT2D eigenvalue weighted by Crippen LogP contribution is 2.03. The SMILES string of the molecule is C1=C\CC/C=C/CC/C=C\CC/C=C/CC/C=C\CC/C=C/CC/1. The van der Waals surface area contributed by atoms with Gasteiger partial charge in [0.2, 0.25) is 0 Å². The molecule has 0 saturated heterocycles. The van der Waals surface area contributed by atoms with Gasteiger partial charge in [-0.15, -0.1) is 0 Å². The van der Waals surface area contributed by atoms with Crippen LogP contribution in [0, 0.1) is 0 Å². The molecule has 0 spiro atoms. The molecule has 0 unspecified atom stereocenters. The standard InChI is InChI=1S/C24H36/c1-2-4-6-8-10-12-14-16-18-20-22-24-23-21-19-17-15-13-11-9-7-5-3-1/h1-2,7-10,15-18,23-24H,3-6,11-14,19-22H2/b2-1-,9-7+,10-8+,17-15-,18-16-,24-23+. The van der Waals surface area contributed by atoms with Crippen LogP contribution in [0.15, 0.2) is 72.9 Å². The van der Waals surface area contributed by atoms with E-state index < -0.39 is 0 Å². The van der Waals surface area contributed by atoms with Crippen molar-refractivity contribution in [1.82, 2.24) is 0 Å². The zero-order valence-electron chi connectivity index (χ0n) is 15.4. The fraction of sp³-hybridized carbons (Fsp3) is 0.500. The number of hydrogen-bond acceptors (Lipinski definition) is 0. The molecule has 1 aliphatic rings. The Morgan fingerprint density at radius 2 is 0.250 bits per heavy atom. The second-order valence-electron chi connectivity index (χ2n) is 6.29. The fourth-order valence-corrected chi connectivity index (χ4v) is 2.57. The van der Waals surface area contributed by atoms with Crippen molar-refractivity contribution in [3.63, 3.8) is 0 Å². The zero-order chi connectivity index (χ0) is 17.0. The summed E-state index contributed by atoms with van der Waals surface area (Å²) < 4.78 is 0. The lowest BCUT2D eigenvalue weighted by Gasteiger charge is -1.92. The van der Waals surface area contributed by atoms with Crippen LogP contribution in [-0.2, 0) is 0 Å². The van der Waals surface area contributed by atoms with Gasteiger partial charge >= 0.3 is 0 Å². The molecule has 24 heavy (non-hydrogen) atoms. The van der Waals surface area contributed by atoms with Gasteiger partial charge in [-0.1, -0.05) is 72.9 Å². The maximum Gasteiger partial charge on any atom is -0.0316 e. The minimum Gasteiger partial charge on any atom is -0.0882 e. The van der Waals surface area contributed by atoms with E-state index in [0.717, 1.165) is 0 Å². The molecule has 0 nitrogen and oxygen atoms in total. The van der Waals surface area contributed by atoms with Crippen molar-refractivity contribution in [3.8, 4) is 0 Å². The van der Waals surface area contributed by atoms with Crippen molar-refractivity contribution in [2.75, 3.05) is 0 Å². The van der Waals surface area contributed by atoms with Gasteiger partial charge in [0.1, 0.15) is 0 Å². The quantitative estimate of drug-likeness (QED) is 0.396. The van der Waals surface area contributed by atoms with Gasteiger partial charge < -0.3 is 0 Å². The summed E-state index contributed by atoms with van der Waals surface area (Å²) in [6.07, 6.45) is 42.0. The van der Waals surface area contributed by atoms with Gasteiger partial charge in [-0.2, -0.15) is 0 Å². The van der Waals surface area contributed by atoms with Crippen LogP contribution in [-0.4, -0.2) is 0 Å². The molecule has 0 bridgehead atoms. The third-order valence-corrected chi connectivity index (χ3v) is 4.00. The summed E-state index contributed by atoms with van der Waals surface area (Å²) in [5.74, 6) is 0. The largest absolute Gasteiger partial charge is 0.0882 e. The highest BCUT2D eigenvalue weighted by atomic mass is 13.9. The van der Waals surface area contributed by atoms with Crippen molar-refractivity contribution in [2.24, 2.45) is 0 Å². The predicted molar refractivity (Wildman–Crippen MR) is 110 cm³/mol. The van der Waals surface area contributed by atoms with E-state index in [-0.39, 0.29) is 0 Å². The molecular formula is C24H36. The lowest BCUT2D eigenvalue weighted by atomic mass is 10.1. The van der Waals surface area contributed by atoms with E-state index in [9.17, 15) is 0 Å². The van der Waals surface area contributed by atoms with Crippen LogP contribution in [0.3, 0.4) is 0 Å². The number of hydrogen-bond donors (Lipinski definition) is 0. The highest BCUT2D eigenvalue weighted by Gasteiger charge is 1.83. The first kappa shape index (κ1) is 20.5. The van der Waals surface area contributed by atoms with E-state index in [1.54, 1.807) is 0 Å². The van der Waals surface area contributed by atoms with Crippen molar-refractivity contribution in [3.05, 3.63) is 72.9 Å². The summed E-state index contributed by atoms with van der Waals surface area (Å²) in [7, 11) is 0. The molecule has 1 rings (SSSR count). The van der Waals surface area contributed by atoms with Crippen molar-refractivity contribution in [1.29, 1.82) is 0 Å². The first-order valence-corrected chi connectivity index (χ1v) is 9.90. The molecule has 0 N–H and O–H groups in total. The first-order valence-electron chi connectivity index (χ1n) is 9.90. The van der Waals surface area contributed by atoms with Crippen LogP contribution in [0.2, 0.25) is 0 Å². The third-order valence-electron chi connectivity index (χ3n) is 4.00. The summed E-state index contributed by atoms with van der Waals surface area (Å²) in [6.45, 7) is 0. The average molecular weight is 325 g/mol. The second kappa shape index (κ2) is 17.8. The summed E-state index contributed by atoms with van der Waals surface area (Å²) in [6, 6.07) is 0. The minimum absolute atomic E-state index is 1.17. The molecular weight excluding hydrogens is 288 g/mol. The van der Waals surface area contributed by atoms with Crippen LogP contribution >= 0.6 is 0 Å². The Kier molecular flexibility index (Phi) is 15.2. The molecule has 0 fully saturated rings. The first-order chi connectivity index (χ1) is 12.0. The molecule has 1 aliphatic carbocycles. The average Bonchev–Trinajstić information content (AvgIpc) is 2.59. The predicted octanol–water partition coefficient (Wildman–Crippen LogP) is 8.02. The van der Waals surface area contributed by atoms with E-state index in [0.29, 0.717) is 0 Å². The van der Waals surface area contributed by atoms with Gasteiger partial charge in [0, 0.05) is 0 Å². The van der Waals surface area contributed by atoms with Crippen LogP contribution in [0.25, 0.3) is 0 Å². The Morgan fingerprint density at radius 3 is 0.333 bits per heavy atom. The van der Waals surface area contributed by atoms with Gasteiger partial charge in [-0.25, -0.2) is 0 Å². The Balaban J connectivity index is 2.29. The Bertz CT molecular complexity index is 284. The van der Waals surface area contributed by atoms with Crippen molar-refractivity contribution >= 4 is 0 Å². The summed E-state index contributed by atoms with van der Waals surface area (Å²) >= 11 is 0. The molecule has 132 valence electrons. The van der Waals surface area contributed by atoms with Gasteiger partial charge in [-0.05, 0) is 77.0 Å². The van der Waals surface area contributed by atoms with Gasteiger partial charge in [0.15, 0.2) is 0 Å². The smallest absolute Gasteiger partial charge is 0.0316 e. The molecule has 0 aromatic carbocycles. The minimum atomic E-state index is 1.17. The Morgan fingerprint density at radius 1 is 0.167 bits per heavy atom. The van der Waals surface area contributed by atoms with Gasteiger partial charge in [-0.3, -0.25) is 0 Å². The molecule has 0 aromatic heterocycles. The third kappa shape index (κ3) is 15.3. The lowest BCUT2D eigenvalue weighted by molar-refractivity contribution is 0.962. The van der Waals surface area contributed by atoms with E-state index in [4.69, 9.17) is 0 Å². The molecule has 0 aliphatic heterocycles. The maximum atomic E-state index is 2.33. The molecule has 0 aromatic rings. The Hall–Kier alpha value is -1.56. The second-order valence-corrected chi connectivity index (χ2v) is 6.29. The van der Waals surface area contributed by atoms with Crippen LogP contribution in [0.4, 0.5) is 0 Å². The van der Waals surface area contributed by atoms with E-state index >= 15 is 0 Å². The van der Waals surface area contributed by atoms with E-state index in [1.807, 2.05) is 0 Å². The highest BCUT2D eigenvalue weighted by molar-refractivity contribution is 4.94. The number of rotatable bonds is 0. The summed E-state index contributed by atoms with van der Waals surface area (Å²) in [5.41, 5.74) is 0. The Labute approximate surface area is 150 Å². The van der Waals surface area contributed by atoms with Crippen LogP contribution in [0.1, 0.15) is 77.0 Å². The van der Waals surface area contributed by atoms with Gasteiger partial charge in [0.25, 0.3) is 0 Å². The monoisotopic (exact) mass is 324 g/mol. The normalized spacial score (nSPS) is 28.0. The van der Waals surface area contributed by atoms with Crippen molar-refractivity contribution < 1.29 is 0 Å². The lowest BCUT2D eigenvalue weighted by Crippen LogP contribution is -1.71. The number of allylic oxidation sites excluding steroid dienone is 12. The fourth-order valence-electron chi connectivity index (χ4n) is 2.57. The molecule has 0 heteroatoms. The van der Waals surface area contributed by atoms with Crippen molar-refractivity contribution in [2.45, 2.75) is 77.0 Å². The van der Waals surface area contributed by atoms with E-state index in [2.05, 4.69) is 72.9 Å². The molecule has 0 atom stereocenters. The molecule has 0 saturated carbocycles.